The molecule has 0 saturated carbocycles. The summed E-state index contributed by atoms with van der Waals surface area (Å²) in [6.45, 7) is 2.20. The first-order valence-electron chi connectivity index (χ1n) is 8.24. The van der Waals surface area contributed by atoms with Gasteiger partial charge >= 0.3 is 5.63 Å². The molecule has 1 aliphatic rings. The van der Waals surface area contributed by atoms with Gasteiger partial charge in [0.15, 0.2) is 0 Å². The molecule has 0 fully saturated rings. The maximum Gasteiger partial charge on any atom is 0.348 e. The lowest BCUT2D eigenvalue weighted by Crippen LogP contribution is -2.17. The van der Waals surface area contributed by atoms with Gasteiger partial charge < -0.3 is 19.0 Å². The molecule has 1 N–H and O–H groups in total. The Balaban J connectivity index is 1.98. The molecule has 0 radical (unpaired) electrons. The van der Waals surface area contributed by atoms with Crippen LogP contribution in [0.4, 0.5) is 0 Å². The van der Waals surface area contributed by atoms with Crippen molar-refractivity contribution in [3.05, 3.63) is 51.6 Å². The third-order valence-electron chi connectivity index (χ3n) is 4.22. The van der Waals surface area contributed by atoms with E-state index in [0.717, 1.165) is 22.8 Å². The number of nitrogens with zero attached hydrogens (tertiary/aromatic N) is 1. The average Bonchev–Trinajstić information content (AvgIpc) is 2.86. The Hall–Kier alpha value is -2.41. The summed E-state index contributed by atoms with van der Waals surface area (Å²) in [6, 6.07) is 7.14. The van der Waals surface area contributed by atoms with Gasteiger partial charge in [0.25, 0.3) is 0 Å². The minimum atomic E-state index is -0.561. The van der Waals surface area contributed by atoms with Crippen LogP contribution < -0.4 is 15.1 Å². The molecule has 1 aromatic heterocycles. The van der Waals surface area contributed by atoms with Crippen LogP contribution in [0.25, 0.3) is 0 Å². The fourth-order valence-electron chi connectivity index (χ4n) is 3.00. The van der Waals surface area contributed by atoms with Gasteiger partial charge in [0, 0.05) is 41.7 Å². The molecule has 6 nitrogen and oxygen atoms in total. The van der Waals surface area contributed by atoms with E-state index in [-0.39, 0.29) is 16.6 Å². The first-order valence-corrected chi connectivity index (χ1v) is 9.29. The number of aromatic hydroxyl groups is 1. The minimum absolute atomic E-state index is 0.0391. The molecule has 0 amide bonds. The van der Waals surface area contributed by atoms with Crippen LogP contribution in [-0.2, 0) is 0 Å². The van der Waals surface area contributed by atoms with Crippen molar-refractivity contribution >= 4 is 17.5 Å². The van der Waals surface area contributed by atoms with Gasteiger partial charge in [-0.05, 0) is 13.0 Å². The van der Waals surface area contributed by atoms with Crippen LogP contribution in [0.2, 0.25) is 0 Å². The molecule has 1 aromatic carbocycles. The van der Waals surface area contributed by atoms with E-state index in [1.165, 1.54) is 6.07 Å². The van der Waals surface area contributed by atoms with Gasteiger partial charge in [-0.15, -0.1) is 0 Å². The first-order chi connectivity index (χ1) is 12.5. The number of aliphatic imine (C=N–C) groups is 1. The highest BCUT2D eigenvalue weighted by molar-refractivity contribution is 7.99. The number of benzene rings is 1. The lowest BCUT2D eigenvalue weighted by atomic mass is 10.0. The Morgan fingerprint density at radius 2 is 2.08 bits per heavy atom. The summed E-state index contributed by atoms with van der Waals surface area (Å²) in [4.78, 5) is 16.8. The fraction of sp³-hybridized carbons (Fsp3) is 0.368. The first kappa shape index (κ1) is 18.4. The molecule has 1 unspecified atom stereocenters. The summed E-state index contributed by atoms with van der Waals surface area (Å²) in [5.74, 6) is 2.53. The van der Waals surface area contributed by atoms with Gasteiger partial charge in [0.05, 0.1) is 19.9 Å². The van der Waals surface area contributed by atoms with Crippen molar-refractivity contribution in [1.29, 1.82) is 0 Å². The van der Waals surface area contributed by atoms with Crippen LogP contribution in [0.1, 0.15) is 28.6 Å². The van der Waals surface area contributed by atoms with Crippen LogP contribution in [0.3, 0.4) is 0 Å². The zero-order valence-electron chi connectivity index (χ0n) is 14.9. The van der Waals surface area contributed by atoms with Gasteiger partial charge in [0.1, 0.15) is 28.6 Å². The van der Waals surface area contributed by atoms with Crippen molar-refractivity contribution in [3.63, 3.8) is 0 Å². The fourth-order valence-corrected chi connectivity index (χ4v) is 4.13. The molecule has 0 saturated heterocycles. The Bertz CT molecular complexity index is 890. The van der Waals surface area contributed by atoms with Crippen molar-refractivity contribution in [2.45, 2.75) is 18.6 Å². The summed E-state index contributed by atoms with van der Waals surface area (Å²) in [6.07, 6.45) is 0.495. The molecular weight excluding hydrogens is 354 g/mol. The van der Waals surface area contributed by atoms with E-state index >= 15 is 0 Å². The summed E-state index contributed by atoms with van der Waals surface area (Å²) in [7, 11) is 3.23. The van der Waals surface area contributed by atoms with Gasteiger partial charge in [-0.2, -0.15) is 11.8 Å². The van der Waals surface area contributed by atoms with E-state index in [4.69, 9.17) is 13.9 Å². The van der Waals surface area contributed by atoms with Crippen LogP contribution in [0.15, 0.2) is 38.5 Å². The Morgan fingerprint density at radius 1 is 1.27 bits per heavy atom. The molecule has 7 heteroatoms. The Labute approximate surface area is 155 Å². The SMILES string of the molecule is COc1ccc(C2CC(c3c(O)cc(C)oc3=O)=NCCS2)c(OC)c1. The lowest BCUT2D eigenvalue weighted by molar-refractivity contribution is 0.391. The average molecular weight is 375 g/mol. The van der Waals surface area contributed by atoms with Crippen LogP contribution in [0.5, 0.6) is 17.2 Å². The molecule has 1 aliphatic heterocycles. The standard InChI is InChI=1S/C19H21NO5S/c1-11-8-15(21)18(19(22)25-11)14-10-17(26-7-6-20-14)13-5-4-12(23-2)9-16(13)24-3/h4-5,8-9,17,21H,6-7,10H2,1-3H3. The van der Waals surface area contributed by atoms with Crippen LogP contribution in [0, 0.1) is 6.92 Å². The van der Waals surface area contributed by atoms with Gasteiger partial charge in [-0.25, -0.2) is 4.79 Å². The number of hydrogen-bond donors (Lipinski definition) is 1. The number of methoxy groups -OCH3 is 2. The normalized spacial score (nSPS) is 17.3. The third-order valence-corrected chi connectivity index (χ3v) is 5.46. The smallest absolute Gasteiger partial charge is 0.348 e. The van der Waals surface area contributed by atoms with E-state index in [1.807, 2.05) is 18.2 Å². The zero-order chi connectivity index (χ0) is 18.7. The molecular formula is C19H21NO5S. The number of thioether (sulfide) groups is 1. The molecule has 138 valence electrons. The molecule has 0 bridgehead atoms. The van der Waals surface area contributed by atoms with Gasteiger partial charge in [-0.3, -0.25) is 4.99 Å². The lowest BCUT2D eigenvalue weighted by Gasteiger charge is -2.19. The van der Waals surface area contributed by atoms with Crippen molar-refractivity contribution < 1.29 is 19.0 Å². The quantitative estimate of drug-likeness (QED) is 0.883. The van der Waals surface area contributed by atoms with E-state index in [9.17, 15) is 9.90 Å². The molecule has 2 aromatic rings. The third kappa shape index (κ3) is 3.72. The summed E-state index contributed by atoms with van der Waals surface area (Å²) < 4.78 is 15.9. The summed E-state index contributed by atoms with van der Waals surface area (Å²) in [5.41, 5.74) is 1.15. The van der Waals surface area contributed by atoms with E-state index in [0.29, 0.717) is 24.4 Å². The Kier molecular flexibility index (Phi) is 5.56. The number of ether oxygens (including phenoxy) is 2. The summed E-state index contributed by atoms with van der Waals surface area (Å²) in [5, 5.41) is 10.3. The highest BCUT2D eigenvalue weighted by atomic mass is 32.2. The monoisotopic (exact) mass is 375 g/mol. The predicted octanol–water partition coefficient (Wildman–Crippen LogP) is 3.34. The van der Waals surface area contributed by atoms with Gasteiger partial charge in [-0.1, -0.05) is 6.07 Å². The van der Waals surface area contributed by atoms with Crippen LogP contribution in [-0.4, -0.2) is 37.3 Å². The van der Waals surface area contributed by atoms with E-state index in [1.54, 1.807) is 32.9 Å². The highest BCUT2D eigenvalue weighted by Gasteiger charge is 2.26. The van der Waals surface area contributed by atoms with Gasteiger partial charge in [0.2, 0.25) is 0 Å². The van der Waals surface area contributed by atoms with Crippen LogP contribution >= 0.6 is 11.8 Å². The maximum absolute atomic E-state index is 12.3. The second-order valence-electron chi connectivity index (χ2n) is 5.90. The second kappa shape index (κ2) is 7.86. The predicted molar refractivity (Wildman–Crippen MR) is 102 cm³/mol. The molecule has 26 heavy (non-hydrogen) atoms. The van der Waals surface area contributed by atoms with Crippen molar-refractivity contribution in [3.8, 4) is 17.2 Å². The maximum atomic E-state index is 12.3. The molecule has 1 atom stereocenters. The van der Waals surface area contributed by atoms with Crippen molar-refractivity contribution in [1.82, 2.24) is 0 Å². The minimum Gasteiger partial charge on any atom is -0.507 e. The number of hydrogen-bond acceptors (Lipinski definition) is 7. The second-order valence-corrected chi connectivity index (χ2v) is 7.22. The molecule has 2 heterocycles. The zero-order valence-corrected chi connectivity index (χ0v) is 15.8. The van der Waals surface area contributed by atoms with E-state index < -0.39 is 5.63 Å². The largest absolute Gasteiger partial charge is 0.507 e. The number of rotatable bonds is 4. The summed E-state index contributed by atoms with van der Waals surface area (Å²) >= 11 is 1.74. The number of aryl methyl sites for hydroxylation is 1. The Morgan fingerprint density at radius 3 is 2.77 bits per heavy atom. The topological polar surface area (TPSA) is 81.3 Å². The molecule has 0 spiro atoms. The van der Waals surface area contributed by atoms with Crippen molar-refractivity contribution in [2.75, 3.05) is 26.5 Å². The van der Waals surface area contributed by atoms with Crippen molar-refractivity contribution in [2.24, 2.45) is 4.99 Å². The molecule has 3 rings (SSSR count). The molecule has 0 aliphatic carbocycles. The highest BCUT2D eigenvalue weighted by Crippen LogP contribution is 2.41. The van der Waals surface area contributed by atoms with E-state index in [2.05, 4.69) is 4.99 Å².